The van der Waals surface area contributed by atoms with E-state index in [1.807, 2.05) is 6.92 Å². The van der Waals surface area contributed by atoms with E-state index in [1.165, 1.54) is 13.3 Å². The third-order valence-corrected chi connectivity index (χ3v) is 4.33. The maximum atomic E-state index is 13.8. The zero-order valence-electron chi connectivity index (χ0n) is 14.3. The summed E-state index contributed by atoms with van der Waals surface area (Å²) in [7, 11) is 1.50. The largest absolute Gasteiger partial charge is 0.271 e. The van der Waals surface area contributed by atoms with Gasteiger partial charge in [-0.25, -0.2) is 10.1 Å². The van der Waals surface area contributed by atoms with Crippen LogP contribution in [-0.2, 0) is 11.8 Å². The van der Waals surface area contributed by atoms with Crippen LogP contribution in [0, 0.1) is 26.7 Å². The van der Waals surface area contributed by atoms with Crippen LogP contribution in [0.2, 0.25) is 5.02 Å². The minimum atomic E-state index is -0.548. The lowest BCUT2D eigenvalue weighted by Gasteiger charge is -2.15. The summed E-state index contributed by atoms with van der Waals surface area (Å²) in [6, 6.07) is -0.548. The second kappa shape index (κ2) is 7.12. The molecule has 0 bridgehead atoms. The van der Waals surface area contributed by atoms with Crippen LogP contribution in [0.5, 0.6) is 0 Å². The van der Waals surface area contributed by atoms with Crippen molar-refractivity contribution in [1.29, 1.82) is 0 Å². The highest BCUT2D eigenvalue weighted by molar-refractivity contribution is 6.31. The summed E-state index contributed by atoms with van der Waals surface area (Å²) in [5, 5.41) is 12.6. The van der Waals surface area contributed by atoms with E-state index < -0.39 is 12.0 Å². The minimum absolute atomic E-state index is 0.236. The molecule has 1 atom stereocenters. The predicted molar refractivity (Wildman–Crippen MR) is 89.7 cm³/mol. The number of hydrogen-bond acceptors (Lipinski definition) is 4. The molecule has 0 aliphatic rings. The number of halogens is 2. The Morgan fingerprint density at radius 3 is 2.50 bits per heavy atom. The Kier molecular flexibility index (Phi) is 5.38. The number of carbonyl (C=O) groups excluding carboxylic acids is 1. The summed E-state index contributed by atoms with van der Waals surface area (Å²) in [5.41, 5.74) is 4.53. The first-order valence-corrected chi connectivity index (χ1v) is 7.88. The average molecular weight is 355 g/mol. The zero-order chi connectivity index (χ0) is 18.0. The molecule has 1 amide bonds. The van der Waals surface area contributed by atoms with Gasteiger partial charge in [0, 0.05) is 7.05 Å². The van der Waals surface area contributed by atoms with Gasteiger partial charge in [0.25, 0.3) is 5.91 Å². The van der Waals surface area contributed by atoms with Crippen molar-refractivity contribution in [3.63, 3.8) is 0 Å². The fourth-order valence-electron chi connectivity index (χ4n) is 2.44. The van der Waals surface area contributed by atoms with Gasteiger partial charge in [0.1, 0.15) is 6.04 Å². The Morgan fingerprint density at radius 1 is 1.38 bits per heavy atom. The normalized spacial score (nSPS) is 12.8. The molecule has 0 saturated carbocycles. The highest BCUT2D eigenvalue weighted by atomic mass is 35.5. The van der Waals surface area contributed by atoms with E-state index in [1.54, 1.807) is 25.5 Å². The van der Waals surface area contributed by atoms with Crippen LogP contribution in [0.15, 0.2) is 5.10 Å². The van der Waals surface area contributed by atoms with Crippen LogP contribution in [0.1, 0.15) is 42.0 Å². The molecular formula is C15H20ClFN6O. The van der Waals surface area contributed by atoms with E-state index in [0.29, 0.717) is 28.5 Å². The van der Waals surface area contributed by atoms with Crippen LogP contribution in [0.25, 0.3) is 0 Å². The van der Waals surface area contributed by atoms with Gasteiger partial charge >= 0.3 is 0 Å². The lowest BCUT2D eigenvalue weighted by atomic mass is 10.2. The number of rotatable bonds is 5. The van der Waals surface area contributed by atoms with Gasteiger partial charge < -0.3 is 0 Å². The molecule has 0 aromatic carbocycles. The fraction of sp³-hybridized carbons (Fsp3) is 0.467. The smallest absolute Gasteiger partial charge is 0.264 e. The van der Waals surface area contributed by atoms with Gasteiger partial charge in [-0.2, -0.15) is 19.7 Å². The van der Waals surface area contributed by atoms with Gasteiger partial charge in [-0.1, -0.05) is 18.5 Å². The van der Waals surface area contributed by atoms with Crippen molar-refractivity contribution < 1.29 is 9.18 Å². The van der Waals surface area contributed by atoms with Gasteiger partial charge in [0.05, 0.1) is 33.9 Å². The van der Waals surface area contributed by atoms with Crippen molar-refractivity contribution >= 4 is 23.7 Å². The van der Waals surface area contributed by atoms with E-state index in [-0.39, 0.29) is 11.5 Å². The van der Waals surface area contributed by atoms with Gasteiger partial charge in [-0.15, -0.1) is 0 Å². The second-order valence-corrected chi connectivity index (χ2v) is 5.88. The molecule has 0 radical (unpaired) electrons. The number of aryl methyl sites for hydroxylation is 3. The van der Waals surface area contributed by atoms with Crippen LogP contribution >= 0.6 is 11.6 Å². The first-order valence-electron chi connectivity index (χ1n) is 7.51. The Morgan fingerprint density at radius 2 is 2.04 bits per heavy atom. The Balaban J connectivity index is 2.15. The van der Waals surface area contributed by atoms with Gasteiger partial charge in [0.15, 0.2) is 0 Å². The first kappa shape index (κ1) is 18.1. The topological polar surface area (TPSA) is 77.1 Å². The van der Waals surface area contributed by atoms with Crippen molar-refractivity contribution in [3.05, 3.63) is 33.6 Å². The van der Waals surface area contributed by atoms with Crippen molar-refractivity contribution in [3.8, 4) is 0 Å². The van der Waals surface area contributed by atoms with E-state index in [4.69, 9.17) is 11.6 Å². The molecule has 2 aromatic rings. The van der Waals surface area contributed by atoms with Crippen LogP contribution in [0.4, 0.5) is 4.39 Å². The van der Waals surface area contributed by atoms with Crippen molar-refractivity contribution in [2.75, 3.05) is 0 Å². The molecule has 0 spiro atoms. The van der Waals surface area contributed by atoms with E-state index in [0.717, 1.165) is 4.68 Å². The van der Waals surface area contributed by atoms with Crippen molar-refractivity contribution in [2.45, 2.75) is 40.2 Å². The lowest BCUT2D eigenvalue weighted by Crippen LogP contribution is -2.30. The molecule has 2 rings (SSSR count). The minimum Gasteiger partial charge on any atom is -0.271 e. The highest BCUT2D eigenvalue weighted by Gasteiger charge is 2.23. The third-order valence-electron chi connectivity index (χ3n) is 3.79. The van der Waals surface area contributed by atoms with Crippen molar-refractivity contribution in [2.24, 2.45) is 12.1 Å². The average Bonchev–Trinajstić information content (AvgIpc) is 2.92. The molecule has 130 valence electrons. The molecule has 0 saturated heterocycles. The first-order chi connectivity index (χ1) is 11.3. The molecule has 0 aliphatic carbocycles. The molecule has 1 N–H and O–H groups in total. The Labute approximate surface area is 144 Å². The lowest BCUT2D eigenvalue weighted by molar-refractivity contribution is -0.124. The number of hydrogen-bond donors (Lipinski definition) is 1. The maximum absolute atomic E-state index is 13.8. The number of carbonyl (C=O) groups is 1. The SMILES string of the molecule is CC[C@@H](C(=O)N/N=C\c1c(C)nn(C)c1F)n1nc(C)c(Cl)c1C. The van der Waals surface area contributed by atoms with Gasteiger partial charge in [-0.05, 0) is 27.2 Å². The molecule has 7 nitrogen and oxygen atoms in total. The molecule has 0 aliphatic heterocycles. The Hall–Kier alpha value is -2.22. The number of hydrazone groups is 1. The summed E-state index contributed by atoms with van der Waals surface area (Å²) in [6.07, 6.45) is 1.76. The quantitative estimate of drug-likeness (QED) is 0.661. The molecule has 0 unspecified atom stereocenters. The monoisotopic (exact) mass is 354 g/mol. The molecule has 2 aromatic heterocycles. The number of amides is 1. The molecule has 24 heavy (non-hydrogen) atoms. The number of aromatic nitrogens is 4. The standard InChI is InChI=1S/C15H20ClFN6O/c1-6-12(23-10(4)13(16)9(3)21-23)15(24)19-18-7-11-8(2)20-22(5)14(11)17/h7,12H,6H2,1-5H3,(H,19,24)/b18-7-/t12-/m0/s1. The van der Waals surface area contributed by atoms with Crippen LogP contribution < -0.4 is 5.43 Å². The number of nitrogens with one attached hydrogen (secondary N) is 1. The fourth-order valence-corrected chi connectivity index (χ4v) is 2.57. The highest BCUT2D eigenvalue weighted by Crippen LogP contribution is 2.23. The maximum Gasteiger partial charge on any atom is 0.264 e. The Bertz CT molecular complexity index is 794. The van der Waals surface area contributed by atoms with Crippen LogP contribution in [-0.4, -0.2) is 31.7 Å². The predicted octanol–water partition coefficient (Wildman–Crippen LogP) is 2.44. The summed E-state index contributed by atoms with van der Waals surface area (Å²) < 4.78 is 16.5. The summed E-state index contributed by atoms with van der Waals surface area (Å²) in [5.74, 6) is -0.860. The molecular weight excluding hydrogens is 335 g/mol. The summed E-state index contributed by atoms with van der Waals surface area (Å²) >= 11 is 6.13. The van der Waals surface area contributed by atoms with E-state index in [9.17, 15) is 9.18 Å². The molecule has 0 fully saturated rings. The summed E-state index contributed by atoms with van der Waals surface area (Å²) in [6.45, 7) is 7.11. The molecule has 2 heterocycles. The van der Waals surface area contributed by atoms with Crippen molar-refractivity contribution in [1.82, 2.24) is 25.0 Å². The summed E-state index contributed by atoms with van der Waals surface area (Å²) in [4.78, 5) is 12.4. The van der Waals surface area contributed by atoms with E-state index in [2.05, 4.69) is 20.7 Å². The number of nitrogens with zero attached hydrogens (tertiary/aromatic N) is 5. The third kappa shape index (κ3) is 3.33. The second-order valence-electron chi connectivity index (χ2n) is 5.50. The zero-order valence-corrected chi connectivity index (χ0v) is 15.0. The van der Waals surface area contributed by atoms with E-state index >= 15 is 0 Å². The van der Waals surface area contributed by atoms with Crippen LogP contribution in [0.3, 0.4) is 0 Å². The van der Waals surface area contributed by atoms with Gasteiger partial charge in [-0.3, -0.25) is 9.48 Å². The van der Waals surface area contributed by atoms with Gasteiger partial charge in [0.2, 0.25) is 5.95 Å². The molecule has 9 heteroatoms.